The second kappa shape index (κ2) is 5.00. The van der Waals surface area contributed by atoms with Crippen LogP contribution >= 0.6 is 0 Å². The quantitative estimate of drug-likeness (QED) is 0.930. The number of pyridine rings is 1. The molecule has 0 aromatic carbocycles. The molecule has 1 atom stereocenters. The number of aromatic nitrogens is 3. The molecule has 102 valence electrons. The summed E-state index contributed by atoms with van der Waals surface area (Å²) in [5, 5.41) is 14.0. The number of rotatable bonds is 3. The predicted octanol–water partition coefficient (Wildman–Crippen LogP) is 2.11. The van der Waals surface area contributed by atoms with Crippen LogP contribution in [0, 0.1) is 0 Å². The van der Waals surface area contributed by atoms with Crippen LogP contribution in [-0.4, -0.2) is 19.9 Å². The van der Waals surface area contributed by atoms with Gasteiger partial charge in [0.2, 0.25) is 0 Å². The van der Waals surface area contributed by atoms with Crippen LogP contribution in [0.2, 0.25) is 0 Å². The van der Waals surface area contributed by atoms with E-state index in [1.165, 1.54) is 6.07 Å². The van der Waals surface area contributed by atoms with Crippen molar-refractivity contribution in [2.75, 3.05) is 0 Å². The Bertz CT molecular complexity index is 548. The zero-order chi connectivity index (χ0) is 14.0. The number of alkyl halides is 3. The average Bonchev–Trinajstić information content (AvgIpc) is 2.74. The average molecular weight is 271 g/mol. The van der Waals surface area contributed by atoms with E-state index < -0.39 is 17.8 Å². The second-order valence-electron chi connectivity index (χ2n) is 4.17. The van der Waals surface area contributed by atoms with Crippen LogP contribution in [0.15, 0.2) is 30.6 Å². The molecule has 19 heavy (non-hydrogen) atoms. The summed E-state index contributed by atoms with van der Waals surface area (Å²) in [7, 11) is 1.74. The molecule has 0 saturated heterocycles. The standard InChI is InChI=1S/C12H12F3N3O/c1-18-5-4-9(17-18)6-11(19)10-3-2-8(7-16-10)12(13,14)15/h2-5,7,11,19H,6H2,1H3. The van der Waals surface area contributed by atoms with Crippen LogP contribution in [-0.2, 0) is 19.6 Å². The van der Waals surface area contributed by atoms with Crippen LogP contribution < -0.4 is 0 Å². The van der Waals surface area contributed by atoms with Gasteiger partial charge in [-0.2, -0.15) is 18.3 Å². The first-order valence-electron chi connectivity index (χ1n) is 5.56. The van der Waals surface area contributed by atoms with Crippen LogP contribution in [0.3, 0.4) is 0 Å². The Morgan fingerprint density at radius 1 is 1.32 bits per heavy atom. The number of aliphatic hydroxyl groups excluding tert-OH is 1. The number of aliphatic hydroxyl groups is 1. The summed E-state index contributed by atoms with van der Waals surface area (Å²) in [5.74, 6) is 0. The minimum absolute atomic E-state index is 0.193. The normalized spacial score (nSPS) is 13.5. The van der Waals surface area contributed by atoms with Crippen molar-refractivity contribution in [2.45, 2.75) is 18.7 Å². The Kier molecular flexibility index (Phi) is 3.57. The molecule has 4 nitrogen and oxygen atoms in total. The van der Waals surface area contributed by atoms with Gasteiger partial charge in [-0.1, -0.05) is 0 Å². The first-order valence-corrected chi connectivity index (χ1v) is 5.56. The molecule has 0 aliphatic heterocycles. The van der Waals surface area contributed by atoms with Gasteiger partial charge in [0.05, 0.1) is 17.0 Å². The summed E-state index contributed by atoms with van der Waals surface area (Å²) in [5.41, 5.74) is 0.0108. The first-order chi connectivity index (χ1) is 8.86. The highest BCUT2D eigenvalue weighted by Gasteiger charge is 2.30. The van der Waals surface area contributed by atoms with Crippen molar-refractivity contribution < 1.29 is 18.3 Å². The van der Waals surface area contributed by atoms with Gasteiger partial charge in [-0.15, -0.1) is 0 Å². The van der Waals surface area contributed by atoms with Crippen molar-refractivity contribution in [3.05, 3.63) is 47.5 Å². The Hall–Kier alpha value is -1.89. The molecule has 0 aliphatic rings. The lowest BCUT2D eigenvalue weighted by molar-refractivity contribution is -0.137. The van der Waals surface area contributed by atoms with Crippen LogP contribution in [0.25, 0.3) is 0 Å². The first kappa shape index (κ1) is 13.5. The zero-order valence-electron chi connectivity index (χ0n) is 10.1. The van der Waals surface area contributed by atoms with E-state index in [-0.39, 0.29) is 12.1 Å². The third-order valence-electron chi connectivity index (χ3n) is 2.63. The number of nitrogens with zero attached hydrogens (tertiary/aromatic N) is 3. The second-order valence-corrected chi connectivity index (χ2v) is 4.17. The zero-order valence-corrected chi connectivity index (χ0v) is 10.1. The molecule has 2 rings (SSSR count). The van der Waals surface area contributed by atoms with E-state index in [0.29, 0.717) is 5.69 Å². The maximum absolute atomic E-state index is 12.4. The van der Waals surface area contributed by atoms with Crippen molar-refractivity contribution in [2.24, 2.45) is 7.05 Å². The minimum atomic E-state index is -4.42. The van der Waals surface area contributed by atoms with Gasteiger partial charge in [0.1, 0.15) is 6.10 Å². The van der Waals surface area contributed by atoms with E-state index in [1.807, 2.05) is 0 Å². The van der Waals surface area contributed by atoms with Gasteiger partial charge >= 0.3 is 6.18 Å². The smallest absolute Gasteiger partial charge is 0.386 e. The van der Waals surface area contributed by atoms with Crippen LogP contribution in [0.1, 0.15) is 23.1 Å². The highest BCUT2D eigenvalue weighted by Crippen LogP contribution is 2.29. The Labute approximate surface area is 107 Å². The molecule has 1 unspecified atom stereocenters. The topological polar surface area (TPSA) is 50.9 Å². The fourth-order valence-electron chi connectivity index (χ4n) is 1.64. The number of halogens is 3. The van der Waals surface area contributed by atoms with Gasteiger partial charge < -0.3 is 5.11 Å². The van der Waals surface area contributed by atoms with E-state index in [9.17, 15) is 18.3 Å². The minimum Gasteiger partial charge on any atom is -0.386 e. The molecule has 0 saturated carbocycles. The Morgan fingerprint density at radius 3 is 2.53 bits per heavy atom. The lowest BCUT2D eigenvalue weighted by Crippen LogP contribution is -2.09. The van der Waals surface area contributed by atoms with E-state index in [0.717, 1.165) is 12.3 Å². The molecular weight excluding hydrogens is 259 g/mol. The van der Waals surface area contributed by atoms with Gasteiger partial charge in [-0.25, -0.2) is 0 Å². The third-order valence-corrected chi connectivity index (χ3v) is 2.63. The molecule has 0 spiro atoms. The maximum atomic E-state index is 12.4. The summed E-state index contributed by atoms with van der Waals surface area (Å²) in [6.07, 6.45) is -2.74. The SMILES string of the molecule is Cn1ccc(CC(O)c2ccc(C(F)(F)F)cn2)n1. The molecule has 0 amide bonds. The molecule has 0 radical (unpaired) electrons. The number of aryl methyl sites for hydroxylation is 1. The summed E-state index contributed by atoms with van der Waals surface area (Å²) >= 11 is 0. The van der Waals surface area contributed by atoms with Crippen molar-refractivity contribution in [1.82, 2.24) is 14.8 Å². The van der Waals surface area contributed by atoms with Gasteiger partial charge in [-0.3, -0.25) is 9.67 Å². The van der Waals surface area contributed by atoms with Crippen molar-refractivity contribution in [3.63, 3.8) is 0 Å². The van der Waals surface area contributed by atoms with E-state index in [2.05, 4.69) is 10.1 Å². The number of hydrogen-bond acceptors (Lipinski definition) is 3. The molecule has 1 N–H and O–H groups in total. The summed E-state index contributed by atoms with van der Waals surface area (Å²) < 4.78 is 38.7. The van der Waals surface area contributed by atoms with Crippen LogP contribution in [0.4, 0.5) is 13.2 Å². The number of hydrogen-bond donors (Lipinski definition) is 1. The highest BCUT2D eigenvalue weighted by molar-refractivity contribution is 5.19. The lowest BCUT2D eigenvalue weighted by atomic mass is 10.1. The molecule has 0 aliphatic carbocycles. The van der Waals surface area contributed by atoms with Crippen molar-refractivity contribution >= 4 is 0 Å². The monoisotopic (exact) mass is 271 g/mol. The largest absolute Gasteiger partial charge is 0.417 e. The maximum Gasteiger partial charge on any atom is 0.417 e. The molecule has 2 heterocycles. The van der Waals surface area contributed by atoms with Crippen molar-refractivity contribution in [1.29, 1.82) is 0 Å². The van der Waals surface area contributed by atoms with E-state index >= 15 is 0 Å². The van der Waals surface area contributed by atoms with Gasteiger partial charge in [0.15, 0.2) is 0 Å². The van der Waals surface area contributed by atoms with E-state index in [1.54, 1.807) is 24.0 Å². The molecule has 2 aromatic rings. The molecule has 0 bridgehead atoms. The van der Waals surface area contributed by atoms with Gasteiger partial charge in [0.25, 0.3) is 0 Å². The van der Waals surface area contributed by atoms with Crippen LogP contribution in [0.5, 0.6) is 0 Å². The molecular formula is C12H12F3N3O. The fourth-order valence-corrected chi connectivity index (χ4v) is 1.64. The molecule has 2 aromatic heterocycles. The van der Waals surface area contributed by atoms with E-state index in [4.69, 9.17) is 0 Å². The van der Waals surface area contributed by atoms with Gasteiger partial charge in [-0.05, 0) is 18.2 Å². The van der Waals surface area contributed by atoms with Gasteiger partial charge in [0, 0.05) is 25.9 Å². The lowest BCUT2D eigenvalue weighted by Gasteiger charge is -2.10. The highest BCUT2D eigenvalue weighted by atomic mass is 19.4. The Balaban J connectivity index is 2.09. The predicted molar refractivity (Wildman–Crippen MR) is 61.1 cm³/mol. The van der Waals surface area contributed by atoms with Crippen molar-refractivity contribution in [3.8, 4) is 0 Å². The summed E-state index contributed by atoms with van der Waals surface area (Å²) in [6, 6.07) is 3.81. The summed E-state index contributed by atoms with van der Waals surface area (Å²) in [6.45, 7) is 0. The Morgan fingerprint density at radius 2 is 2.05 bits per heavy atom. The molecule has 0 fully saturated rings. The molecule has 7 heteroatoms. The third kappa shape index (κ3) is 3.31. The fraction of sp³-hybridized carbons (Fsp3) is 0.333. The summed E-state index contributed by atoms with van der Waals surface area (Å²) in [4.78, 5) is 3.64.